The van der Waals surface area contributed by atoms with Crippen molar-refractivity contribution in [2.24, 2.45) is 0 Å². The van der Waals surface area contributed by atoms with Crippen LogP contribution in [-0.4, -0.2) is 43.0 Å². The molecule has 3 nitrogen and oxygen atoms in total. The largest absolute Gasteiger partial charge is 1.00 e. The molecule has 0 saturated carbocycles. The topological polar surface area (TPSA) is 37.3 Å². The molecule has 0 aliphatic rings. The van der Waals surface area contributed by atoms with Gasteiger partial charge in [-0.25, -0.2) is 4.79 Å². The maximum absolute atomic E-state index is 10.3. The van der Waals surface area contributed by atoms with Crippen LogP contribution in [0, 0.1) is 0 Å². The van der Waals surface area contributed by atoms with Crippen LogP contribution >= 0.6 is 0 Å². The van der Waals surface area contributed by atoms with Gasteiger partial charge in [0.1, 0.15) is 0 Å². The maximum atomic E-state index is 10.3. The van der Waals surface area contributed by atoms with Gasteiger partial charge in [-0.3, -0.25) is 0 Å². The van der Waals surface area contributed by atoms with Gasteiger partial charge in [-0.1, -0.05) is 0 Å². The fourth-order valence-electron chi connectivity index (χ4n) is 0.312. The molecule has 0 fully saturated rings. The van der Waals surface area contributed by atoms with Crippen LogP contribution in [0.4, 0.5) is 0 Å². The highest BCUT2D eigenvalue weighted by Crippen LogP contribution is 1.89. The molecule has 0 amide bonds. The third-order valence-corrected chi connectivity index (χ3v) is 0.640. The van der Waals surface area contributed by atoms with Crippen LogP contribution in [0.3, 0.4) is 0 Å². The zero-order valence-electron chi connectivity index (χ0n) is 14.5. The van der Waals surface area contributed by atoms with E-state index in [1.54, 1.807) is 0 Å². The van der Waals surface area contributed by atoms with Crippen LogP contribution in [0.15, 0.2) is 12.2 Å². The number of quaternary nitrogens is 1. The second-order valence-electron chi connectivity index (χ2n) is 1.73. The molecule has 0 aromatic heterocycles. The van der Waals surface area contributed by atoms with Crippen LogP contribution in [0.1, 0.15) is 12.3 Å². The number of hydrogen-bond donors (Lipinski definition) is 1. The average molecular weight is 189 g/mol. The number of nitrogens with zero attached hydrogens (tertiary/aromatic N) is 1. The first-order chi connectivity index (χ1) is 8.17. The minimum Gasteiger partial charge on any atom is -1.00 e. The standard InChI is InChI=1S/C7H13NO2.ClH/c1-8(2,3)6-4-5-7(9)10;/h4-5H,6H2,1-3H3;1H/b5-4+;/i1D3,2D3,3D3;. The second kappa shape index (κ2) is 5.16. The molecule has 0 spiro atoms. The van der Waals surface area contributed by atoms with Crippen molar-refractivity contribution in [2.75, 3.05) is 27.5 Å². The van der Waals surface area contributed by atoms with E-state index >= 15 is 0 Å². The van der Waals surface area contributed by atoms with Gasteiger partial charge in [-0.05, 0) is 6.08 Å². The highest BCUT2D eigenvalue weighted by Gasteiger charge is 2.01. The molecular formula is C7H14ClNO2. The number of likely N-dealkylation sites (N-methyl/N-ethyl adjacent to an activating group) is 1. The van der Waals surface area contributed by atoms with E-state index in [9.17, 15) is 4.79 Å². The van der Waals surface area contributed by atoms with Crippen LogP contribution in [0.2, 0.25) is 0 Å². The fraction of sp³-hybridized carbons (Fsp3) is 0.571. The molecule has 66 valence electrons. The summed E-state index contributed by atoms with van der Waals surface area (Å²) in [5.74, 6) is -1.43. The van der Waals surface area contributed by atoms with E-state index in [1.807, 2.05) is 0 Å². The van der Waals surface area contributed by atoms with Gasteiger partial charge in [0, 0.05) is 6.08 Å². The van der Waals surface area contributed by atoms with Crippen molar-refractivity contribution in [3.8, 4) is 0 Å². The molecule has 0 radical (unpaired) electrons. The van der Waals surface area contributed by atoms with Gasteiger partial charge in [0.05, 0.1) is 39.8 Å². The molecule has 0 unspecified atom stereocenters. The van der Waals surface area contributed by atoms with Crippen molar-refractivity contribution >= 4 is 5.97 Å². The van der Waals surface area contributed by atoms with E-state index in [4.69, 9.17) is 17.4 Å². The van der Waals surface area contributed by atoms with Crippen LogP contribution in [0.25, 0.3) is 0 Å². The lowest BCUT2D eigenvalue weighted by Gasteiger charge is -2.21. The molecule has 0 rings (SSSR count). The summed E-state index contributed by atoms with van der Waals surface area (Å²) in [7, 11) is 0. The van der Waals surface area contributed by atoms with Crippen LogP contribution < -0.4 is 12.4 Å². The van der Waals surface area contributed by atoms with E-state index in [0.717, 1.165) is 0 Å². The predicted octanol–water partition coefficient (Wildman–Crippen LogP) is -2.66. The van der Waals surface area contributed by atoms with Gasteiger partial charge in [0.25, 0.3) is 0 Å². The van der Waals surface area contributed by atoms with Gasteiger partial charge < -0.3 is 22.0 Å². The van der Waals surface area contributed by atoms with Crippen molar-refractivity contribution in [1.29, 1.82) is 0 Å². The van der Waals surface area contributed by atoms with Crippen molar-refractivity contribution in [1.82, 2.24) is 0 Å². The number of hydrogen-bond acceptors (Lipinski definition) is 1. The van der Waals surface area contributed by atoms with E-state index in [-0.39, 0.29) is 12.4 Å². The molecule has 0 aliphatic carbocycles. The Balaban J connectivity index is 0. The van der Waals surface area contributed by atoms with Gasteiger partial charge in [0.2, 0.25) is 0 Å². The third-order valence-electron chi connectivity index (χ3n) is 0.640. The summed E-state index contributed by atoms with van der Waals surface area (Å²) in [5.41, 5.74) is 0. The average Bonchev–Trinajstić information content (AvgIpc) is 2.04. The number of carboxylic acids is 1. The number of carboxylic acid groups (broad SMARTS) is 1. The normalized spacial score (nSPS) is 26.7. The second-order valence-corrected chi connectivity index (χ2v) is 1.73. The lowest BCUT2D eigenvalue weighted by molar-refractivity contribution is -0.864. The molecule has 1 N–H and O–H groups in total. The van der Waals surface area contributed by atoms with E-state index < -0.39 is 37.9 Å². The van der Waals surface area contributed by atoms with Gasteiger partial charge >= 0.3 is 5.97 Å². The first kappa shape index (κ1) is 3.07. The fourth-order valence-corrected chi connectivity index (χ4v) is 0.312. The Morgan fingerprint density at radius 2 is 2.18 bits per heavy atom. The molecule has 11 heavy (non-hydrogen) atoms. The smallest absolute Gasteiger partial charge is 0.328 e. The SMILES string of the molecule is [2H]C([2H])([2H])[N+](C/C=C/C(=O)O)(C([2H])([2H])[2H])C([2H])([2H])[2H].[Cl-]. The summed E-state index contributed by atoms with van der Waals surface area (Å²) < 4.78 is 63.0. The Morgan fingerprint density at radius 1 is 1.64 bits per heavy atom. The third kappa shape index (κ3) is 12.6. The Bertz CT molecular complexity index is 334. The summed E-state index contributed by atoms with van der Waals surface area (Å²) in [5, 5.41) is 8.40. The van der Waals surface area contributed by atoms with Gasteiger partial charge in [-0.15, -0.1) is 0 Å². The van der Waals surface area contributed by atoms with Crippen molar-refractivity contribution in [3.63, 3.8) is 0 Å². The molecule has 0 aromatic rings. The van der Waals surface area contributed by atoms with Crippen LogP contribution in [0.5, 0.6) is 0 Å². The molecular weight excluding hydrogens is 166 g/mol. The molecule has 0 aromatic carbocycles. The zero-order valence-corrected chi connectivity index (χ0v) is 6.30. The molecule has 0 bridgehead atoms. The number of aliphatic carboxylic acids is 1. The quantitative estimate of drug-likeness (QED) is 0.388. The lowest BCUT2D eigenvalue weighted by atomic mass is 10.4. The zero-order chi connectivity index (χ0) is 15.7. The monoisotopic (exact) mass is 188 g/mol. The number of carbonyl (C=O) groups is 1. The summed E-state index contributed by atoms with van der Waals surface area (Å²) >= 11 is 0. The Labute approximate surface area is 86.0 Å². The Kier molecular flexibility index (Phi) is 1.44. The van der Waals surface area contributed by atoms with Crippen molar-refractivity contribution < 1.29 is 39.1 Å². The van der Waals surface area contributed by atoms with Gasteiger partial charge in [-0.2, -0.15) is 0 Å². The number of rotatable bonds is 3. The summed E-state index contributed by atoms with van der Waals surface area (Å²) in [6.45, 7) is -11.1. The van der Waals surface area contributed by atoms with Gasteiger partial charge in [0.15, 0.2) is 0 Å². The van der Waals surface area contributed by atoms with E-state index in [1.165, 1.54) is 0 Å². The summed E-state index contributed by atoms with van der Waals surface area (Å²) in [4.78, 5) is 10.3. The van der Waals surface area contributed by atoms with Crippen molar-refractivity contribution in [3.05, 3.63) is 12.2 Å². The minimum atomic E-state index is -3.36. The maximum Gasteiger partial charge on any atom is 0.328 e. The molecule has 0 saturated heterocycles. The first-order valence-electron chi connectivity index (χ1n) is 6.95. The minimum absolute atomic E-state index is 0. The summed E-state index contributed by atoms with van der Waals surface area (Å²) in [6, 6.07) is 0. The first-order valence-corrected chi connectivity index (χ1v) is 2.45. The Hall–Kier alpha value is -0.540. The molecule has 4 heteroatoms. The number of halogens is 1. The molecule has 0 atom stereocenters. The Morgan fingerprint density at radius 3 is 2.55 bits per heavy atom. The summed E-state index contributed by atoms with van der Waals surface area (Å²) in [6.07, 6.45) is 1.23. The lowest BCUT2D eigenvalue weighted by Crippen LogP contribution is -3.00. The highest BCUT2D eigenvalue weighted by molar-refractivity contribution is 5.79. The van der Waals surface area contributed by atoms with Crippen LogP contribution in [-0.2, 0) is 4.79 Å². The van der Waals surface area contributed by atoms with E-state index in [2.05, 4.69) is 0 Å². The van der Waals surface area contributed by atoms with E-state index in [0.29, 0.717) is 12.2 Å². The molecule has 0 heterocycles. The molecule has 0 aliphatic heterocycles. The van der Waals surface area contributed by atoms with Crippen molar-refractivity contribution in [2.45, 2.75) is 0 Å². The predicted molar refractivity (Wildman–Crippen MR) is 39.7 cm³/mol. The highest BCUT2D eigenvalue weighted by atomic mass is 35.5.